The minimum absolute atomic E-state index is 0.0662. The highest BCUT2D eigenvalue weighted by atomic mass is 19.4. The summed E-state index contributed by atoms with van der Waals surface area (Å²) in [6, 6.07) is 16.4. The second kappa shape index (κ2) is 12.3. The number of anilines is 2. The van der Waals surface area contributed by atoms with Gasteiger partial charge in [0.1, 0.15) is 11.9 Å². The smallest absolute Gasteiger partial charge is 0.416 e. The lowest BCUT2D eigenvalue weighted by atomic mass is 9.91. The van der Waals surface area contributed by atoms with Crippen molar-refractivity contribution in [3.8, 4) is 11.5 Å². The fourth-order valence-corrected chi connectivity index (χ4v) is 5.72. The number of hydrogen-bond donors (Lipinski definition) is 2. The number of fused-ring (bicyclic) bond motifs is 2. The number of rotatable bonds is 6. The molecule has 3 aliphatic rings. The molecule has 0 bridgehead atoms. The normalized spacial score (nSPS) is 19.8. The van der Waals surface area contributed by atoms with Crippen molar-refractivity contribution in [2.45, 2.75) is 38.1 Å². The largest absolute Gasteiger partial charge is 0.497 e. The Bertz CT molecular complexity index is 1570. The summed E-state index contributed by atoms with van der Waals surface area (Å²) in [6.45, 7) is 1.24. The maximum Gasteiger partial charge on any atom is 0.416 e. The Hall–Kier alpha value is -4.74. The number of hydrogen-bond acceptors (Lipinski definition) is 5. The van der Waals surface area contributed by atoms with Gasteiger partial charge in [-0.05, 0) is 73.4 Å². The molecule has 12 heteroatoms. The molecule has 9 nitrogen and oxygen atoms in total. The van der Waals surface area contributed by atoms with Gasteiger partial charge in [-0.25, -0.2) is 4.79 Å². The number of ether oxygens (including phenoxy) is 2. The van der Waals surface area contributed by atoms with Crippen LogP contribution in [0.25, 0.3) is 0 Å². The molecule has 6 rings (SSSR count). The molecule has 2 heterocycles. The van der Waals surface area contributed by atoms with Gasteiger partial charge in [0.2, 0.25) is 5.91 Å². The van der Waals surface area contributed by atoms with Crippen LogP contribution in [0.5, 0.6) is 11.5 Å². The molecule has 236 valence electrons. The lowest BCUT2D eigenvalue weighted by Gasteiger charge is -2.42. The van der Waals surface area contributed by atoms with E-state index in [0.717, 1.165) is 30.5 Å². The molecule has 1 saturated carbocycles. The van der Waals surface area contributed by atoms with E-state index in [1.54, 1.807) is 35.1 Å². The van der Waals surface area contributed by atoms with Crippen molar-refractivity contribution in [2.24, 2.45) is 11.8 Å². The standard InChI is InChI=1S/C33H33F3N4O5/c1-44-25-13-5-20(6-14-25)17-40-18-22-15-16-39(32(43)37-24-11-9-23(10-12-24)33(34,35)36)19-28(22)45-29-26(31(40)42)3-2-4-27(29)38-30(41)21-7-8-21/h2-6,9-14,21-22,28H,7-8,15-19H2,1H3,(H,37,43)(H,38,41)/t22-,28-/m0/s1. The highest BCUT2D eigenvalue weighted by Gasteiger charge is 2.39. The molecule has 4 amide bonds. The average molecular weight is 623 g/mol. The van der Waals surface area contributed by atoms with E-state index in [1.807, 2.05) is 24.3 Å². The zero-order chi connectivity index (χ0) is 31.7. The van der Waals surface area contributed by atoms with Crippen LogP contribution in [0.1, 0.15) is 40.7 Å². The number of nitrogens with one attached hydrogen (secondary N) is 2. The molecule has 2 N–H and O–H groups in total. The molecule has 2 aliphatic heterocycles. The number of alkyl halides is 3. The number of para-hydroxylation sites is 1. The summed E-state index contributed by atoms with van der Waals surface area (Å²) < 4.78 is 50.7. The number of piperidine rings is 1. The fourth-order valence-electron chi connectivity index (χ4n) is 5.72. The summed E-state index contributed by atoms with van der Waals surface area (Å²) in [5.41, 5.74) is 1.05. The van der Waals surface area contributed by atoms with Crippen LogP contribution in [0, 0.1) is 11.8 Å². The molecule has 0 aromatic heterocycles. The highest BCUT2D eigenvalue weighted by molar-refractivity contribution is 6.02. The molecule has 1 saturated heterocycles. The van der Waals surface area contributed by atoms with E-state index in [-0.39, 0.29) is 41.6 Å². The molecule has 0 unspecified atom stereocenters. The monoisotopic (exact) mass is 622 g/mol. The predicted molar refractivity (Wildman–Crippen MR) is 160 cm³/mol. The zero-order valence-electron chi connectivity index (χ0n) is 24.6. The minimum atomic E-state index is -4.48. The molecule has 0 spiro atoms. The van der Waals surface area contributed by atoms with Gasteiger partial charge in [-0.15, -0.1) is 0 Å². The SMILES string of the molecule is COc1ccc(CN2C[C@@H]3CCN(C(=O)Nc4ccc(C(F)(F)F)cc4)C[C@@H]3Oc3c(NC(=O)C4CC4)cccc3C2=O)cc1. The first-order valence-corrected chi connectivity index (χ1v) is 14.8. The van der Waals surface area contributed by atoms with Crippen LogP contribution < -0.4 is 20.1 Å². The molecular formula is C33H33F3N4O5. The van der Waals surface area contributed by atoms with Crippen molar-refractivity contribution in [2.75, 3.05) is 37.4 Å². The Labute approximate surface area is 258 Å². The molecule has 3 aromatic carbocycles. The summed E-state index contributed by atoms with van der Waals surface area (Å²) in [6.07, 6.45) is -2.87. The first kappa shape index (κ1) is 30.3. The van der Waals surface area contributed by atoms with E-state index in [0.29, 0.717) is 43.1 Å². The number of methoxy groups -OCH3 is 1. The van der Waals surface area contributed by atoms with Crippen LogP contribution in [0.4, 0.5) is 29.3 Å². The van der Waals surface area contributed by atoms with Crippen LogP contribution in [0.3, 0.4) is 0 Å². The van der Waals surface area contributed by atoms with Gasteiger partial charge in [0.25, 0.3) is 5.91 Å². The fraction of sp³-hybridized carbons (Fsp3) is 0.364. The van der Waals surface area contributed by atoms with Crippen LogP contribution in [0.15, 0.2) is 66.7 Å². The Kier molecular flexibility index (Phi) is 8.30. The third-order valence-electron chi connectivity index (χ3n) is 8.44. The van der Waals surface area contributed by atoms with Gasteiger partial charge in [0.05, 0.1) is 30.5 Å². The van der Waals surface area contributed by atoms with E-state index in [4.69, 9.17) is 9.47 Å². The van der Waals surface area contributed by atoms with Gasteiger partial charge in [-0.3, -0.25) is 9.59 Å². The number of nitrogens with zero attached hydrogens (tertiary/aromatic N) is 2. The second-order valence-corrected chi connectivity index (χ2v) is 11.6. The summed E-state index contributed by atoms with van der Waals surface area (Å²) in [7, 11) is 1.59. The minimum Gasteiger partial charge on any atom is -0.497 e. The molecule has 0 radical (unpaired) electrons. The summed E-state index contributed by atoms with van der Waals surface area (Å²) in [5.74, 6) is 0.398. The molecule has 3 aromatic rings. The number of benzene rings is 3. The van der Waals surface area contributed by atoms with Crippen molar-refractivity contribution in [3.63, 3.8) is 0 Å². The van der Waals surface area contributed by atoms with E-state index >= 15 is 0 Å². The number of carbonyl (C=O) groups is 3. The maximum atomic E-state index is 14.0. The predicted octanol–water partition coefficient (Wildman–Crippen LogP) is 6.02. The Morgan fingerprint density at radius 3 is 2.36 bits per heavy atom. The van der Waals surface area contributed by atoms with Crippen molar-refractivity contribution >= 4 is 29.2 Å². The number of likely N-dealkylation sites (tertiary alicyclic amines) is 1. The Morgan fingerprint density at radius 2 is 1.69 bits per heavy atom. The lowest BCUT2D eigenvalue weighted by molar-refractivity contribution is -0.137. The first-order chi connectivity index (χ1) is 21.6. The molecular weight excluding hydrogens is 589 g/mol. The summed E-state index contributed by atoms with van der Waals surface area (Å²) in [5, 5.41) is 5.61. The van der Waals surface area contributed by atoms with E-state index < -0.39 is 23.9 Å². The van der Waals surface area contributed by atoms with Crippen molar-refractivity contribution in [3.05, 3.63) is 83.4 Å². The van der Waals surface area contributed by atoms with E-state index in [2.05, 4.69) is 10.6 Å². The van der Waals surface area contributed by atoms with Gasteiger partial charge >= 0.3 is 12.2 Å². The summed E-state index contributed by atoms with van der Waals surface area (Å²) in [4.78, 5) is 43.3. The van der Waals surface area contributed by atoms with Gasteiger partial charge < -0.3 is 29.9 Å². The van der Waals surface area contributed by atoms with Crippen molar-refractivity contribution < 1.29 is 37.0 Å². The average Bonchev–Trinajstić information content (AvgIpc) is 3.87. The van der Waals surface area contributed by atoms with Gasteiger partial charge in [0.15, 0.2) is 5.75 Å². The third-order valence-corrected chi connectivity index (χ3v) is 8.44. The van der Waals surface area contributed by atoms with Crippen LogP contribution in [-0.2, 0) is 17.5 Å². The topological polar surface area (TPSA) is 100 Å². The van der Waals surface area contributed by atoms with Crippen LogP contribution in [0.2, 0.25) is 0 Å². The highest BCUT2D eigenvalue weighted by Crippen LogP contribution is 2.38. The number of urea groups is 1. The number of carbonyl (C=O) groups excluding carboxylic acids is 3. The van der Waals surface area contributed by atoms with Gasteiger partial charge in [-0.2, -0.15) is 13.2 Å². The van der Waals surface area contributed by atoms with E-state index in [9.17, 15) is 27.6 Å². The van der Waals surface area contributed by atoms with Crippen LogP contribution >= 0.6 is 0 Å². The third kappa shape index (κ3) is 6.84. The maximum absolute atomic E-state index is 14.0. The quantitative estimate of drug-likeness (QED) is 0.350. The summed E-state index contributed by atoms with van der Waals surface area (Å²) >= 11 is 0. The zero-order valence-corrected chi connectivity index (χ0v) is 24.6. The Balaban J connectivity index is 1.26. The van der Waals surface area contributed by atoms with Crippen molar-refractivity contribution in [1.29, 1.82) is 0 Å². The van der Waals surface area contributed by atoms with E-state index in [1.165, 1.54) is 12.1 Å². The van der Waals surface area contributed by atoms with Crippen LogP contribution in [-0.4, -0.2) is 60.5 Å². The Morgan fingerprint density at radius 1 is 0.956 bits per heavy atom. The number of amides is 4. The molecule has 2 atom stereocenters. The second-order valence-electron chi connectivity index (χ2n) is 11.6. The molecule has 1 aliphatic carbocycles. The number of halogens is 3. The van der Waals surface area contributed by atoms with Gasteiger partial charge in [-0.1, -0.05) is 18.2 Å². The first-order valence-electron chi connectivity index (χ1n) is 14.8. The molecule has 45 heavy (non-hydrogen) atoms. The lowest BCUT2D eigenvalue weighted by Crippen LogP contribution is -2.54. The van der Waals surface area contributed by atoms with Gasteiger partial charge in [0, 0.05) is 37.2 Å². The molecule has 2 fully saturated rings. The van der Waals surface area contributed by atoms with Crippen molar-refractivity contribution in [1.82, 2.24) is 9.80 Å².